The van der Waals surface area contributed by atoms with Crippen LogP contribution in [-0.2, 0) is 9.84 Å². The van der Waals surface area contributed by atoms with Crippen molar-refractivity contribution in [2.45, 2.75) is 18.9 Å². The molecular weight excluding hydrogens is 424 g/mol. The Labute approximate surface area is 179 Å². The number of anilines is 2. The Bertz CT molecular complexity index is 1150. The maximum atomic E-state index is 13.6. The number of benzene rings is 1. The molecule has 3 atom stereocenters. The molecule has 10 heteroatoms. The zero-order valence-electron chi connectivity index (χ0n) is 17.3. The number of nitrogens with zero attached hydrogens (tertiary/aromatic N) is 4. The molecule has 1 aliphatic carbocycles. The second-order valence-electron chi connectivity index (χ2n) is 9.90. The largest absolute Gasteiger partial charge is 0.369 e. The van der Waals surface area contributed by atoms with E-state index in [1.54, 1.807) is 6.20 Å². The second-order valence-corrected chi connectivity index (χ2v) is 12.0. The van der Waals surface area contributed by atoms with Gasteiger partial charge in [0, 0.05) is 54.8 Å². The number of piperidine rings is 1. The lowest BCUT2D eigenvalue weighted by atomic mass is 9.91. The van der Waals surface area contributed by atoms with Gasteiger partial charge in [0.25, 0.3) is 6.43 Å². The topological polar surface area (TPSA) is 78.4 Å². The molecule has 4 aliphatic rings. The highest BCUT2D eigenvalue weighted by Gasteiger charge is 2.55. The summed E-state index contributed by atoms with van der Waals surface area (Å²) in [5.41, 5.74) is 0.977. The summed E-state index contributed by atoms with van der Waals surface area (Å²) >= 11 is 0. The van der Waals surface area contributed by atoms with Gasteiger partial charge >= 0.3 is 0 Å². The van der Waals surface area contributed by atoms with Crippen molar-refractivity contribution in [2.24, 2.45) is 17.3 Å². The molecule has 31 heavy (non-hydrogen) atoms. The highest BCUT2D eigenvalue weighted by molar-refractivity contribution is 7.92. The van der Waals surface area contributed by atoms with Gasteiger partial charge in [0.2, 0.25) is 5.95 Å². The van der Waals surface area contributed by atoms with Gasteiger partial charge in [0.05, 0.1) is 22.7 Å². The van der Waals surface area contributed by atoms with Crippen LogP contribution < -0.4 is 10.2 Å². The number of rotatable bonds is 4. The van der Waals surface area contributed by atoms with Crippen molar-refractivity contribution in [3.8, 4) is 0 Å². The number of hydrogen-bond donors (Lipinski definition) is 1. The normalized spacial score (nSPS) is 30.7. The lowest BCUT2D eigenvalue weighted by Gasteiger charge is -2.37. The number of hydrogen-bond acceptors (Lipinski definition) is 7. The van der Waals surface area contributed by atoms with Gasteiger partial charge in [-0.15, -0.1) is 0 Å². The minimum atomic E-state index is -2.95. The minimum Gasteiger partial charge on any atom is -0.369 e. The third kappa shape index (κ3) is 3.26. The van der Waals surface area contributed by atoms with Crippen molar-refractivity contribution >= 4 is 32.4 Å². The van der Waals surface area contributed by atoms with E-state index < -0.39 is 16.3 Å². The van der Waals surface area contributed by atoms with E-state index in [9.17, 15) is 17.2 Å². The summed E-state index contributed by atoms with van der Waals surface area (Å²) in [6, 6.07) is 3.33. The van der Waals surface area contributed by atoms with Crippen molar-refractivity contribution in [1.29, 1.82) is 0 Å². The molecule has 1 aromatic heterocycles. The highest BCUT2D eigenvalue weighted by Crippen LogP contribution is 2.47. The second kappa shape index (κ2) is 6.48. The predicted molar refractivity (Wildman–Crippen MR) is 114 cm³/mol. The molecule has 1 unspecified atom stereocenters. The predicted octanol–water partition coefficient (Wildman–Crippen LogP) is 2.16. The van der Waals surface area contributed by atoms with Gasteiger partial charge in [0.15, 0.2) is 9.84 Å². The number of likely N-dealkylation sites (tertiary alicyclic amines) is 1. The standard InChI is InChI=1S/C21H25F2N5O2S/c1-27-7-14-15(8-27)18(14)26-20-24-6-13-4-12(19(22)23)5-16(17(13)25-20)28-3-2-21(9-28)10-31(29,30)11-21/h4-6,14-15,18-19H,2-3,7-11H2,1H3,(H,24,25,26)/t14-,15+,18?. The van der Waals surface area contributed by atoms with Gasteiger partial charge in [0.1, 0.15) is 0 Å². The van der Waals surface area contributed by atoms with Crippen molar-refractivity contribution in [1.82, 2.24) is 14.9 Å². The maximum Gasteiger partial charge on any atom is 0.263 e. The van der Waals surface area contributed by atoms with E-state index in [1.165, 1.54) is 12.1 Å². The van der Waals surface area contributed by atoms with Crippen LogP contribution in [0.2, 0.25) is 0 Å². The van der Waals surface area contributed by atoms with E-state index in [0.29, 0.717) is 53.5 Å². The molecule has 0 bridgehead atoms. The molecule has 1 spiro atoms. The number of aromatic nitrogens is 2. The van der Waals surface area contributed by atoms with E-state index in [2.05, 4.69) is 22.2 Å². The van der Waals surface area contributed by atoms with Gasteiger partial charge in [-0.25, -0.2) is 27.2 Å². The fourth-order valence-corrected chi connectivity index (χ4v) is 8.21. The SMILES string of the molecule is CN1C[C@@H]2C(Nc3ncc4cc(C(F)F)cc(N5CCC6(C5)CS(=O)(=O)C6)c4n3)[C@@H]2C1. The van der Waals surface area contributed by atoms with E-state index >= 15 is 0 Å². The van der Waals surface area contributed by atoms with Crippen LogP contribution in [0.25, 0.3) is 10.9 Å². The Morgan fingerprint density at radius 1 is 1.23 bits per heavy atom. The molecule has 1 saturated carbocycles. The summed E-state index contributed by atoms with van der Waals surface area (Å²) in [6.07, 6.45) is -0.226. The zero-order chi connectivity index (χ0) is 21.5. The monoisotopic (exact) mass is 449 g/mol. The van der Waals surface area contributed by atoms with Crippen molar-refractivity contribution in [3.05, 3.63) is 23.9 Å². The Balaban J connectivity index is 1.32. The van der Waals surface area contributed by atoms with Gasteiger partial charge < -0.3 is 15.1 Å². The summed E-state index contributed by atoms with van der Waals surface area (Å²) in [5.74, 6) is 2.13. The minimum absolute atomic E-state index is 0.0613. The average Bonchev–Trinajstić information content (AvgIpc) is 3.04. The highest BCUT2D eigenvalue weighted by atomic mass is 32.2. The maximum absolute atomic E-state index is 13.6. The third-order valence-electron chi connectivity index (χ3n) is 7.44. The Hall–Kier alpha value is -2.07. The molecule has 2 aromatic rings. The van der Waals surface area contributed by atoms with Crippen molar-refractivity contribution < 1.29 is 17.2 Å². The number of alkyl halides is 2. The first-order valence-corrected chi connectivity index (χ1v) is 12.5. The van der Waals surface area contributed by atoms with E-state index in [0.717, 1.165) is 19.5 Å². The Morgan fingerprint density at radius 3 is 2.65 bits per heavy atom. The lowest BCUT2D eigenvalue weighted by Crippen LogP contribution is -2.50. The van der Waals surface area contributed by atoms with Gasteiger partial charge in [-0.3, -0.25) is 0 Å². The summed E-state index contributed by atoms with van der Waals surface area (Å²) < 4.78 is 50.6. The van der Waals surface area contributed by atoms with Crippen LogP contribution in [0.5, 0.6) is 0 Å². The smallest absolute Gasteiger partial charge is 0.263 e. The van der Waals surface area contributed by atoms with Crippen LogP contribution in [0.1, 0.15) is 18.4 Å². The Kier molecular flexibility index (Phi) is 4.09. The molecule has 6 rings (SSSR count). The van der Waals surface area contributed by atoms with Crippen LogP contribution >= 0.6 is 0 Å². The molecule has 3 saturated heterocycles. The fraction of sp³-hybridized carbons (Fsp3) is 0.619. The van der Waals surface area contributed by atoms with Gasteiger partial charge in [-0.2, -0.15) is 0 Å². The van der Waals surface area contributed by atoms with Crippen LogP contribution in [0.4, 0.5) is 20.4 Å². The first kappa shape index (κ1) is 19.6. The van der Waals surface area contributed by atoms with Gasteiger partial charge in [-0.1, -0.05) is 0 Å². The molecule has 4 heterocycles. The van der Waals surface area contributed by atoms with E-state index in [4.69, 9.17) is 4.98 Å². The summed E-state index contributed by atoms with van der Waals surface area (Å²) in [6.45, 7) is 3.33. The summed E-state index contributed by atoms with van der Waals surface area (Å²) in [5, 5.41) is 4.02. The molecular formula is C21H25F2N5O2S. The van der Waals surface area contributed by atoms with Crippen LogP contribution in [0, 0.1) is 17.3 Å². The Morgan fingerprint density at radius 2 is 1.97 bits per heavy atom. The van der Waals surface area contributed by atoms with Crippen LogP contribution in [0.15, 0.2) is 18.3 Å². The number of fused-ring (bicyclic) bond motifs is 2. The van der Waals surface area contributed by atoms with E-state index in [1.807, 2.05) is 4.90 Å². The molecule has 4 fully saturated rings. The molecule has 0 amide bonds. The lowest BCUT2D eigenvalue weighted by molar-refractivity contribution is 0.151. The van der Waals surface area contributed by atoms with Crippen molar-refractivity contribution in [2.75, 3.05) is 54.9 Å². The first-order chi connectivity index (χ1) is 14.7. The van der Waals surface area contributed by atoms with Crippen molar-refractivity contribution in [3.63, 3.8) is 0 Å². The summed E-state index contributed by atoms with van der Waals surface area (Å²) in [4.78, 5) is 13.5. The average molecular weight is 450 g/mol. The van der Waals surface area contributed by atoms with Crippen LogP contribution in [0.3, 0.4) is 0 Å². The fourth-order valence-electron chi connectivity index (χ4n) is 5.95. The molecule has 7 nitrogen and oxygen atoms in total. The molecule has 0 radical (unpaired) electrons. The number of halogens is 2. The first-order valence-electron chi connectivity index (χ1n) is 10.7. The third-order valence-corrected chi connectivity index (χ3v) is 9.55. The number of nitrogens with one attached hydrogen (secondary N) is 1. The summed E-state index contributed by atoms with van der Waals surface area (Å²) in [7, 11) is -0.830. The molecule has 1 N–H and O–H groups in total. The quantitative estimate of drug-likeness (QED) is 0.766. The van der Waals surface area contributed by atoms with E-state index in [-0.39, 0.29) is 22.5 Å². The molecule has 166 valence electrons. The van der Waals surface area contributed by atoms with Crippen LogP contribution in [-0.4, -0.2) is 74.1 Å². The number of sulfone groups is 1. The molecule has 3 aliphatic heterocycles. The zero-order valence-corrected chi connectivity index (χ0v) is 18.1. The van der Waals surface area contributed by atoms with Gasteiger partial charge in [-0.05, 0) is 37.4 Å². The molecule has 1 aromatic carbocycles.